The molecule has 0 saturated carbocycles. The fraction of sp³-hybridized carbons (Fsp3) is 0.333. The van der Waals surface area contributed by atoms with Crippen LogP contribution in [0.4, 0.5) is 5.82 Å². The van der Waals surface area contributed by atoms with Gasteiger partial charge in [0.25, 0.3) is 0 Å². The third kappa shape index (κ3) is 3.35. The first-order valence-electron chi connectivity index (χ1n) is 8.12. The molecule has 0 saturated heterocycles. The van der Waals surface area contributed by atoms with Crippen LogP contribution in [0.5, 0.6) is 0 Å². The smallest absolute Gasteiger partial charge is 0.158 e. The molecule has 2 aromatic heterocycles. The normalized spacial score (nSPS) is 11.1. The number of nitrogens with two attached hydrogens (primary N) is 1. The summed E-state index contributed by atoms with van der Waals surface area (Å²) in [5.74, 6) is 0.971. The summed E-state index contributed by atoms with van der Waals surface area (Å²) in [6.45, 7) is 5.71. The Morgan fingerprint density at radius 3 is 2.83 bits per heavy atom. The van der Waals surface area contributed by atoms with E-state index in [1.165, 1.54) is 5.56 Å². The van der Waals surface area contributed by atoms with Crippen molar-refractivity contribution >= 4 is 11.5 Å². The molecule has 0 aliphatic rings. The summed E-state index contributed by atoms with van der Waals surface area (Å²) in [4.78, 5) is 4.69. The Bertz CT molecular complexity index is 806. The van der Waals surface area contributed by atoms with Crippen molar-refractivity contribution in [2.24, 2.45) is 5.73 Å². The van der Waals surface area contributed by atoms with Gasteiger partial charge in [-0.2, -0.15) is 9.61 Å². The van der Waals surface area contributed by atoms with Crippen LogP contribution in [0.25, 0.3) is 16.9 Å². The van der Waals surface area contributed by atoms with E-state index in [1.54, 1.807) is 0 Å². The highest BCUT2D eigenvalue weighted by molar-refractivity contribution is 5.66. The maximum atomic E-state index is 5.58. The van der Waals surface area contributed by atoms with Crippen LogP contribution in [-0.2, 0) is 6.42 Å². The molecule has 0 bridgehead atoms. The molecule has 0 aliphatic carbocycles. The van der Waals surface area contributed by atoms with E-state index in [-0.39, 0.29) is 0 Å². The number of anilines is 1. The number of benzene rings is 1. The molecule has 3 N–H and O–H groups in total. The molecular weight excluding hydrogens is 286 g/mol. The Labute approximate surface area is 136 Å². The molecule has 0 aliphatic heterocycles. The molecule has 0 unspecified atom stereocenters. The number of nitrogens with zero attached hydrogens (tertiary/aromatic N) is 3. The second-order valence-electron chi connectivity index (χ2n) is 5.72. The maximum absolute atomic E-state index is 5.58. The van der Waals surface area contributed by atoms with E-state index in [0.717, 1.165) is 47.8 Å². The Hall–Kier alpha value is -2.40. The largest absolute Gasteiger partial charge is 0.370 e. The van der Waals surface area contributed by atoms with Gasteiger partial charge >= 0.3 is 0 Å². The van der Waals surface area contributed by atoms with Crippen LogP contribution in [-0.4, -0.2) is 27.7 Å². The molecule has 0 atom stereocenters. The third-order valence-electron chi connectivity index (χ3n) is 3.84. The summed E-state index contributed by atoms with van der Waals surface area (Å²) >= 11 is 0. The van der Waals surface area contributed by atoms with Crippen molar-refractivity contribution in [2.45, 2.75) is 26.7 Å². The number of aromatic nitrogens is 3. The van der Waals surface area contributed by atoms with Crippen molar-refractivity contribution < 1.29 is 0 Å². The summed E-state index contributed by atoms with van der Waals surface area (Å²) in [5, 5.41) is 8.16. The summed E-state index contributed by atoms with van der Waals surface area (Å²) in [5.41, 5.74) is 10.8. The third-order valence-corrected chi connectivity index (χ3v) is 3.84. The molecule has 3 aromatic rings. The minimum Gasteiger partial charge on any atom is -0.370 e. The lowest BCUT2D eigenvalue weighted by Crippen LogP contribution is -2.12. The van der Waals surface area contributed by atoms with Crippen molar-refractivity contribution in [1.82, 2.24) is 14.6 Å². The molecule has 0 fully saturated rings. The van der Waals surface area contributed by atoms with E-state index in [1.807, 2.05) is 10.6 Å². The summed E-state index contributed by atoms with van der Waals surface area (Å²) in [7, 11) is 0. The van der Waals surface area contributed by atoms with Gasteiger partial charge in [0.15, 0.2) is 5.65 Å². The van der Waals surface area contributed by atoms with E-state index >= 15 is 0 Å². The Morgan fingerprint density at radius 2 is 2.09 bits per heavy atom. The average molecular weight is 309 g/mol. The maximum Gasteiger partial charge on any atom is 0.158 e. The van der Waals surface area contributed by atoms with Crippen molar-refractivity contribution in [2.75, 3.05) is 18.4 Å². The zero-order chi connectivity index (χ0) is 16.2. The lowest BCUT2D eigenvalue weighted by molar-refractivity contribution is 0.848. The second-order valence-corrected chi connectivity index (χ2v) is 5.72. The summed E-state index contributed by atoms with van der Waals surface area (Å²) in [6, 6.07) is 12.5. The zero-order valence-corrected chi connectivity index (χ0v) is 13.7. The van der Waals surface area contributed by atoms with Gasteiger partial charge in [-0.05, 0) is 32.4 Å². The van der Waals surface area contributed by atoms with Crippen LogP contribution in [0.1, 0.15) is 24.6 Å². The van der Waals surface area contributed by atoms with Crippen molar-refractivity contribution in [1.29, 1.82) is 0 Å². The zero-order valence-electron chi connectivity index (χ0n) is 13.7. The first-order valence-corrected chi connectivity index (χ1v) is 8.12. The van der Waals surface area contributed by atoms with Gasteiger partial charge in [-0.25, -0.2) is 4.98 Å². The second kappa shape index (κ2) is 6.79. The average Bonchev–Trinajstić information content (AvgIpc) is 2.99. The van der Waals surface area contributed by atoms with Gasteiger partial charge in [0.05, 0.1) is 5.69 Å². The van der Waals surface area contributed by atoms with Crippen molar-refractivity contribution in [3.05, 3.63) is 47.7 Å². The van der Waals surface area contributed by atoms with E-state index < -0.39 is 0 Å². The van der Waals surface area contributed by atoms with Gasteiger partial charge < -0.3 is 11.1 Å². The van der Waals surface area contributed by atoms with Crippen LogP contribution >= 0.6 is 0 Å². The molecule has 0 spiro atoms. The van der Waals surface area contributed by atoms with Gasteiger partial charge in [-0.1, -0.05) is 30.7 Å². The minimum atomic E-state index is 0.676. The number of hydrogen-bond donors (Lipinski definition) is 2. The number of nitrogens with one attached hydrogen (secondary N) is 1. The molecule has 5 nitrogen and oxygen atoms in total. The van der Waals surface area contributed by atoms with Crippen LogP contribution in [0.2, 0.25) is 0 Å². The van der Waals surface area contributed by atoms with Crippen molar-refractivity contribution in [3.8, 4) is 11.3 Å². The lowest BCUT2D eigenvalue weighted by Gasteiger charge is -2.09. The molecule has 1 aromatic carbocycles. The first-order chi connectivity index (χ1) is 11.2. The van der Waals surface area contributed by atoms with Crippen LogP contribution in [0, 0.1) is 6.92 Å². The summed E-state index contributed by atoms with van der Waals surface area (Å²) in [6.07, 6.45) is 1.82. The van der Waals surface area contributed by atoms with Gasteiger partial charge in [-0.3, -0.25) is 0 Å². The van der Waals surface area contributed by atoms with E-state index in [9.17, 15) is 0 Å². The highest BCUT2D eigenvalue weighted by Crippen LogP contribution is 2.22. The number of rotatable bonds is 6. The van der Waals surface area contributed by atoms with Crippen molar-refractivity contribution in [3.63, 3.8) is 0 Å². The first kappa shape index (κ1) is 15.5. The van der Waals surface area contributed by atoms with E-state index in [4.69, 9.17) is 10.8 Å². The molecule has 5 heteroatoms. The quantitative estimate of drug-likeness (QED) is 0.687. The molecule has 0 radical (unpaired) electrons. The highest BCUT2D eigenvalue weighted by atomic mass is 15.3. The SMILES string of the molecule is CCc1cc(NCCCN)n2nc(-c3cccc(C)c3)cc2n1. The monoisotopic (exact) mass is 309 g/mol. The molecule has 2 heterocycles. The Kier molecular flexibility index (Phi) is 4.57. The molecule has 3 rings (SSSR count). The van der Waals surface area contributed by atoms with E-state index in [2.05, 4.69) is 54.5 Å². The predicted octanol–water partition coefficient (Wildman–Crippen LogP) is 3.03. The fourth-order valence-corrected chi connectivity index (χ4v) is 2.60. The minimum absolute atomic E-state index is 0.676. The van der Waals surface area contributed by atoms with Crippen LogP contribution < -0.4 is 11.1 Å². The molecule has 0 amide bonds. The highest BCUT2D eigenvalue weighted by Gasteiger charge is 2.10. The topological polar surface area (TPSA) is 68.2 Å². The Morgan fingerprint density at radius 1 is 1.22 bits per heavy atom. The van der Waals surface area contributed by atoms with E-state index in [0.29, 0.717) is 6.54 Å². The number of aryl methyl sites for hydroxylation is 2. The van der Waals surface area contributed by atoms with Gasteiger partial charge in [0.2, 0.25) is 0 Å². The van der Waals surface area contributed by atoms with Crippen LogP contribution in [0.15, 0.2) is 36.4 Å². The Balaban J connectivity index is 2.04. The summed E-state index contributed by atoms with van der Waals surface area (Å²) < 4.78 is 1.88. The molecule has 120 valence electrons. The standard InChI is InChI=1S/C18H23N5/c1-3-15-11-17(20-9-5-8-19)23-18(21-15)12-16(22-23)14-7-4-6-13(2)10-14/h4,6-7,10-12,20H,3,5,8-9,19H2,1-2H3. The van der Waals surface area contributed by atoms with Gasteiger partial charge in [0.1, 0.15) is 5.82 Å². The molecular formula is C18H23N5. The lowest BCUT2D eigenvalue weighted by atomic mass is 10.1. The number of hydrogen-bond acceptors (Lipinski definition) is 4. The van der Waals surface area contributed by atoms with Gasteiger partial charge in [-0.15, -0.1) is 0 Å². The predicted molar refractivity (Wildman–Crippen MR) is 94.7 cm³/mol. The fourth-order valence-electron chi connectivity index (χ4n) is 2.60. The van der Waals surface area contributed by atoms with Gasteiger partial charge in [0, 0.05) is 29.9 Å². The number of fused-ring (bicyclic) bond motifs is 1. The van der Waals surface area contributed by atoms with Crippen LogP contribution in [0.3, 0.4) is 0 Å². The molecule has 23 heavy (non-hydrogen) atoms.